The zero-order chi connectivity index (χ0) is 13.6. The highest BCUT2D eigenvalue weighted by atomic mass is 32.2. The van der Waals surface area contributed by atoms with Gasteiger partial charge in [0, 0.05) is 5.25 Å². The van der Waals surface area contributed by atoms with Gasteiger partial charge in [0.1, 0.15) is 0 Å². The van der Waals surface area contributed by atoms with Crippen LogP contribution in [0, 0.1) is 5.41 Å². The molecule has 1 aromatic rings. The Hall–Kier alpha value is -1.01. The van der Waals surface area contributed by atoms with E-state index in [0.29, 0.717) is 5.17 Å². The second-order valence-electron chi connectivity index (χ2n) is 5.10. The van der Waals surface area contributed by atoms with Gasteiger partial charge in [0.15, 0.2) is 15.0 Å². The molecule has 4 nitrogen and oxygen atoms in total. The number of amidine groups is 1. The standard InChI is InChI=1S/C13H16N2O2S2/c1-9(10-5-3-2-4-6-10)15-11-7-19(16,17)8-12(11)18-13(15)14/h2-6,9,11-12,14H,7-8H2,1H3/t9-,11+,12+/m1/s1. The lowest BCUT2D eigenvalue weighted by atomic mass is 10.1. The minimum atomic E-state index is -2.94. The highest BCUT2D eigenvalue weighted by Crippen LogP contribution is 2.41. The van der Waals surface area contributed by atoms with E-state index in [4.69, 9.17) is 5.41 Å². The maximum absolute atomic E-state index is 11.7. The molecule has 2 aliphatic rings. The van der Waals surface area contributed by atoms with Gasteiger partial charge in [0.2, 0.25) is 0 Å². The van der Waals surface area contributed by atoms with Crippen molar-refractivity contribution in [3.05, 3.63) is 35.9 Å². The summed E-state index contributed by atoms with van der Waals surface area (Å²) >= 11 is 1.40. The number of hydrogen-bond donors (Lipinski definition) is 1. The minimum absolute atomic E-state index is 0.0312. The number of hydrogen-bond acceptors (Lipinski definition) is 4. The van der Waals surface area contributed by atoms with Gasteiger partial charge in [0.25, 0.3) is 0 Å². The van der Waals surface area contributed by atoms with E-state index in [1.165, 1.54) is 11.8 Å². The summed E-state index contributed by atoms with van der Waals surface area (Å²) in [6, 6.07) is 9.97. The number of rotatable bonds is 2. The highest BCUT2D eigenvalue weighted by Gasteiger charge is 2.49. The van der Waals surface area contributed by atoms with Crippen LogP contribution in [0.1, 0.15) is 18.5 Å². The summed E-state index contributed by atoms with van der Waals surface area (Å²) in [5.74, 6) is 0.396. The molecule has 0 unspecified atom stereocenters. The molecule has 0 spiro atoms. The predicted octanol–water partition coefficient (Wildman–Crippen LogP) is 1.90. The summed E-state index contributed by atoms with van der Waals surface area (Å²) < 4.78 is 23.5. The Bertz CT molecular complexity index is 600. The van der Waals surface area contributed by atoms with Crippen LogP contribution in [0.4, 0.5) is 0 Å². The maximum Gasteiger partial charge on any atom is 0.157 e. The summed E-state index contributed by atoms with van der Waals surface area (Å²) in [4.78, 5) is 1.97. The molecule has 1 N–H and O–H groups in total. The van der Waals surface area contributed by atoms with Gasteiger partial charge in [-0.25, -0.2) is 8.42 Å². The fourth-order valence-electron chi connectivity index (χ4n) is 2.88. The van der Waals surface area contributed by atoms with Gasteiger partial charge < -0.3 is 4.90 Å². The van der Waals surface area contributed by atoms with Crippen molar-refractivity contribution in [3.63, 3.8) is 0 Å². The summed E-state index contributed by atoms with van der Waals surface area (Å²) in [5, 5.41) is 8.64. The fraction of sp³-hybridized carbons (Fsp3) is 0.462. The first-order chi connectivity index (χ1) is 8.98. The van der Waals surface area contributed by atoms with Crippen molar-refractivity contribution in [1.29, 1.82) is 5.41 Å². The molecule has 0 amide bonds. The van der Waals surface area contributed by atoms with Crippen LogP contribution in [0.3, 0.4) is 0 Å². The second-order valence-corrected chi connectivity index (χ2v) is 8.48. The Labute approximate surface area is 117 Å². The van der Waals surface area contributed by atoms with Crippen LogP contribution in [0.15, 0.2) is 30.3 Å². The number of benzene rings is 1. The topological polar surface area (TPSA) is 61.2 Å². The average Bonchev–Trinajstić information content (AvgIpc) is 2.79. The molecule has 3 rings (SSSR count). The van der Waals surface area contributed by atoms with Crippen LogP contribution < -0.4 is 0 Å². The summed E-state index contributed by atoms with van der Waals surface area (Å²) in [6.07, 6.45) is 0. The molecule has 6 heteroatoms. The summed E-state index contributed by atoms with van der Waals surface area (Å²) in [7, 11) is -2.94. The molecule has 0 aliphatic carbocycles. The van der Waals surface area contributed by atoms with Crippen molar-refractivity contribution < 1.29 is 8.42 Å². The quantitative estimate of drug-likeness (QED) is 0.905. The van der Waals surface area contributed by atoms with E-state index < -0.39 is 9.84 Å². The largest absolute Gasteiger partial charge is 0.340 e. The highest BCUT2D eigenvalue weighted by molar-refractivity contribution is 8.15. The molecule has 2 fully saturated rings. The van der Waals surface area contributed by atoms with E-state index in [1.807, 2.05) is 42.2 Å². The summed E-state index contributed by atoms with van der Waals surface area (Å²) in [6.45, 7) is 2.04. The van der Waals surface area contributed by atoms with Gasteiger partial charge >= 0.3 is 0 Å². The smallest absolute Gasteiger partial charge is 0.157 e. The Balaban J connectivity index is 1.90. The molecule has 0 bridgehead atoms. The fourth-order valence-corrected chi connectivity index (χ4v) is 6.75. The van der Waals surface area contributed by atoms with Gasteiger partial charge in [-0.3, -0.25) is 5.41 Å². The van der Waals surface area contributed by atoms with Crippen molar-refractivity contribution >= 4 is 26.8 Å². The SMILES string of the molecule is C[C@H](c1ccccc1)N1C(=N)S[C@H]2CS(=O)(=O)C[C@@H]21. The third-order valence-corrected chi connectivity index (χ3v) is 6.97. The normalized spacial score (nSPS) is 30.4. The van der Waals surface area contributed by atoms with Crippen LogP contribution >= 0.6 is 11.8 Å². The first-order valence-corrected chi connectivity index (χ1v) is 8.97. The lowest BCUT2D eigenvalue weighted by Gasteiger charge is -2.30. The molecular weight excluding hydrogens is 280 g/mol. The van der Waals surface area contributed by atoms with Crippen molar-refractivity contribution in [2.75, 3.05) is 11.5 Å². The lowest BCUT2D eigenvalue weighted by Crippen LogP contribution is -2.38. The second kappa shape index (κ2) is 4.52. The van der Waals surface area contributed by atoms with Gasteiger partial charge in [-0.15, -0.1) is 0 Å². The zero-order valence-electron chi connectivity index (χ0n) is 10.6. The first-order valence-electron chi connectivity index (χ1n) is 6.27. The first kappa shape index (κ1) is 13.0. The molecule has 3 atom stereocenters. The predicted molar refractivity (Wildman–Crippen MR) is 78.2 cm³/mol. The third-order valence-electron chi connectivity index (χ3n) is 3.83. The molecule has 0 saturated carbocycles. The van der Waals surface area contributed by atoms with Crippen LogP contribution in [-0.4, -0.2) is 41.3 Å². The van der Waals surface area contributed by atoms with Crippen LogP contribution in [0.2, 0.25) is 0 Å². The van der Waals surface area contributed by atoms with Crippen LogP contribution in [0.5, 0.6) is 0 Å². The van der Waals surface area contributed by atoms with Crippen molar-refractivity contribution in [2.24, 2.45) is 0 Å². The Kier molecular flexibility index (Phi) is 3.09. The van der Waals surface area contributed by atoms with E-state index in [-0.39, 0.29) is 28.8 Å². The number of nitrogens with one attached hydrogen (secondary N) is 1. The molecule has 102 valence electrons. The molecular formula is C13H16N2O2S2. The molecule has 19 heavy (non-hydrogen) atoms. The molecule has 2 saturated heterocycles. The average molecular weight is 296 g/mol. The van der Waals surface area contributed by atoms with E-state index in [1.54, 1.807) is 0 Å². The van der Waals surface area contributed by atoms with Gasteiger partial charge in [-0.05, 0) is 12.5 Å². The molecule has 1 aromatic carbocycles. The van der Waals surface area contributed by atoms with Gasteiger partial charge in [-0.2, -0.15) is 0 Å². The van der Waals surface area contributed by atoms with E-state index >= 15 is 0 Å². The maximum atomic E-state index is 11.7. The van der Waals surface area contributed by atoms with E-state index in [0.717, 1.165) is 5.56 Å². The van der Waals surface area contributed by atoms with Crippen molar-refractivity contribution in [1.82, 2.24) is 4.90 Å². The summed E-state index contributed by atoms with van der Waals surface area (Å²) in [5.41, 5.74) is 1.12. The molecule has 2 heterocycles. The molecule has 0 radical (unpaired) electrons. The van der Waals surface area contributed by atoms with Crippen LogP contribution in [0.25, 0.3) is 0 Å². The molecule has 0 aromatic heterocycles. The van der Waals surface area contributed by atoms with Crippen molar-refractivity contribution in [3.8, 4) is 0 Å². The Morgan fingerprint density at radius 2 is 2.00 bits per heavy atom. The molecule has 2 aliphatic heterocycles. The van der Waals surface area contributed by atoms with E-state index in [2.05, 4.69) is 0 Å². The number of fused-ring (bicyclic) bond motifs is 1. The van der Waals surface area contributed by atoms with Gasteiger partial charge in [-0.1, -0.05) is 42.1 Å². The van der Waals surface area contributed by atoms with Crippen molar-refractivity contribution in [2.45, 2.75) is 24.3 Å². The van der Waals surface area contributed by atoms with Gasteiger partial charge in [0.05, 0.1) is 23.6 Å². The van der Waals surface area contributed by atoms with Crippen LogP contribution in [-0.2, 0) is 9.84 Å². The zero-order valence-corrected chi connectivity index (χ0v) is 12.2. The monoisotopic (exact) mass is 296 g/mol. The Morgan fingerprint density at radius 1 is 1.32 bits per heavy atom. The number of thioether (sulfide) groups is 1. The minimum Gasteiger partial charge on any atom is -0.340 e. The lowest BCUT2D eigenvalue weighted by molar-refractivity contribution is 0.287. The Morgan fingerprint density at radius 3 is 2.68 bits per heavy atom. The third kappa shape index (κ3) is 2.27. The number of sulfone groups is 1. The number of nitrogens with zero attached hydrogens (tertiary/aromatic N) is 1. The van der Waals surface area contributed by atoms with E-state index in [9.17, 15) is 8.42 Å².